The van der Waals surface area contributed by atoms with Gasteiger partial charge in [-0.25, -0.2) is 13.1 Å². The Morgan fingerprint density at radius 1 is 0.574 bits per heavy atom. The molecule has 6 aliphatic heterocycles. The van der Waals surface area contributed by atoms with Crippen LogP contribution in [-0.4, -0.2) is 158 Å². The number of hydrogen-bond acceptors (Lipinski definition) is 10. The maximum Gasteiger partial charge on any atom is 0.431 e. The highest BCUT2D eigenvalue weighted by Crippen LogP contribution is 2.47. The zero-order chi connectivity index (χ0) is 67.2. The number of alkyl halides is 9. The molecule has 0 radical (unpaired) electrons. The lowest BCUT2D eigenvalue weighted by Gasteiger charge is -2.50. The lowest BCUT2D eigenvalue weighted by molar-refractivity contribution is -0.145. The quantitative estimate of drug-likeness (QED) is 0.133. The molecular formula is C66H86ClF9N10O7S. The topological polar surface area (TPSA) is 159 Å². The van der Waals surface area contributed by atoms with Gasteiger partial charge in [-0.2, -0.15) is 39.5 Å². The van der Waals surface area contributed by atoms with Gasteiger partial charge in [-0.05, 0) is 170 Å². The van der Waals surface area contributed by atoms with E-state index in [4.69, 9.17) is 21.1 Å². The number of aromatic nitrogens is 3. The van der Waals surface area contributed by atoms with Gasteiger partial charge in [-0.3, -0.25) is 24.2 Å². The monoisotopic (exact) mass is 1370 g/mol. The van der Waals surface area contributed by atoms with E-state index in [1.807, 2.05) is 27.9 Å². The van der Waals surface area contributed by atoms with Crippen LogP contribution in [0.3, 0.4) is 0 Å². The second kappa shape index (κ2) is 27.6. The van der Waals surface area contributed by atoms with Crippen molar-refractivity contribution >= 4 is 39.3 Å². The molecule has 0 unspecified atom stereocenters. The average molecular weight is 1370 g/mol. The molecule has 3 fully saturated rings. The molecule has 0 bridgehead atoms. The van der Waals surface area contributed by atoms with Crippen molar-refractivity contribution in [3.05, 3.63) is 159 Å². The number of ether oxygens (including phenoxy) is 2. The normalized spacial score (nSPS) is 19.0. The van der Waals surface area contributed by atoms with Crippen molar-refractivity contribution in [2.24, 2.45) is 0 Å². The molecule has 6 aromatic rings. The number of likely N-dealkylation sites (tertiary alicyclic amines) is 3. The molecule has 3 aromatic carbocycles. The summed E-state index contributed by atoms with van der Waals surface area (Å²) in [5.74, 6) is 0.649. The molecule has 0 saturated carbocycles. The Labute approximate surface area is 551 Å². The van der Waals surface area contributed by atoms with Gasteiger partial charge in [0.05, 0.1) is 34.7 Å². The molecule has 1 atom stereocenters. The highest BCUT2D eigenvalue weighted by Gasteiger charge is 2.50. The Bertz CT molecular complexity index is 3830. The van der Waals surface area contributed by atoms with Crippen LogP contribution in [0.15, 0.2) is 108 Å². The molecule has 518 valence electrons. The number of fused-ring (bicyclic) bond motifs is 6. The van der Waals surface area contributed by atoms with Crippen molar-refractivity contribution in [1.29, 1.82) is 0 Å². The number of methoxy groups -OCH3 is 1. The molecule has 28 heteroatoms. The standard InChI is InChI=1S/C24H30F3N3O3.C21H25F3N4O3S.C20H21ClF3N3O.CH4.3H2/c1-4-16(2)33-18-6-5-17(15-19(18)32-3)22(31)29-12-9-23(10-13-29)20-7-8-21(24(25,26)27)30(20)14-11-28-23;1-25-32(30,31)16-5-3-15(4-6-16)19(29)27-11-9-20(10-12-27)17-7-8-18(21(22,23)24)28(17)14-13-26(20)2;1-25-11-12-27-16(5-6-17(27)20(22,23)24)19(25)7-9-26(10-8-19)18(28)14-3-2-4-15(21)13-14;;;;/h5-8,15-16,28H,4,9-14H2,1-3H3;3-8,25H,9-14H2,1-2H3;2-6,13H,7-12H2,1H3;1H4;3*1H/t16-;;;;;;/m0....../s1. The maximum absolute atomic E-state index is 13.4. The Hall–Kier alpha value is -7.04. The van der Waals surface area contributed by atoms with Crippen molar-refractivity contribution < 1.29 is 76.1 Å². The third kappa shape index (κ3) is 14.0. The van der Waals surface area contributed by atoms with Crippen LogP contribution in [0.5, 0.6) is 11.5 Å². The number of piperidine rings is 3. The number of nitrogens with one attached hydrogen (secondary N) is 2. The fourth-order valence-corrected chi connectivity index (χ4v) is 15.1. The minimum Gasteiger partial charge on any atom is -0.493 e. The van der Waals surface area contributed by atoms with Gasteiger partial charge in [-0.1, -0.05) is 32.0 Å². The molecule has 0 aliphatic carbocycles. The maximum atomic E-state index is 13.4. The van der Waals surface area contributed by atoms with Gasteiger partial charge in [0.2, 0.25) is 10.0 Å². The first-order valence-corrected chi connectivity index (χ1v) is 32.8. The van der Waals surface area contributed by atoms with Crippen molar-refractivity contribution in [3.8, 4) is 11.5 Å². The predicted molar refractivity (Wildman–Crippen MR) is 343 cm³/mol. The van der Waals surface area contributed by atoms with E-state index in [-0.39, 0.29) is 53.5 Å². The van der Waals surface area contributed by atoms with E-state index in [2.05, 4.69) is 19.8 Å². The van der Waals surface area contributed by atoms with Crippen LogP contribution in [0, 0.1) is 0 Å². The summed E-state index contributed by atoms with van der Waals surface area (Å²) in [6.45, 7) is 9.06. The van der Waals surface area contributed by atoms with Crippen LogP contribution in [0.4, 0.5) is 39.5 Å². The Morgan fingerprint density at radius 2 is 1.00 bits per heavy atom. The first kappa shape index (κ1) is 71.3. The van der Waals surface area contributed by atoms with E-state index < -0.39 is 62.3 Å². The van der Waals surface area contributed by atoms with E-state index >= 15 is 0 Å². The van der Waals surface area contributed by atoms with E-state index in [1.54, 1.807) is 75.4 Å². The average Bonchev–Trinajstić information content (AvgIpc) is 1.66. The van der Waals surface area contributed by atoms with Gasteiger partial charge >= 0.3 is 18.5 Å². The van der Waals surface area contributed by atoms with E-state index in [0.717, 1.165) is 18.6 Å². The third-order valence-electron chi connectivity index (χ3n) is 19.6. The first-order valence-electron chi connectivity index (χ1n) is 30.9. The minimum atomic E-state index is -4.40. The van der Waals surface area contributed by atoms with Crippen LogP contribution in [0.25, 0.3) is 0 Å². The molecule has 3 spiro atoms. The van der Waals surface area contributed by atoms with Crippen molar-refractivity contribution in [2.75, 3.05) is 87.2 Å². The van der Waals surface area contributed by atoms with E-state index in [9.17, 15) is 62.3 Å². The van der Waals surface area contributed by atoms with Crippen molar-refractivity contribution in [2.45, 2.75) is 132 Å². The number of rotatable bonds is 9. The zero-order valence-electron chi connectivity index (χ0n) is 52.5. The van der Waals surface area contributed by atoms with Gasteiger partial charge in [0, 0.05) is 122 Å². The van der Waals surface area contributed by atoms with Gasteiger partial charge in [0.15, 0.2) is 11.5 Å². The molecule has 3 aromatic heterocycles. The summed E-state index contributed by atoms with van der Waals surface area (Å²) in [7, 11) is 3.14. The number of sulfonamides is 1. The van der Waals surface area contributed by atoms with Gasteiger partial charge in [0.1, 0.15) is 17.1 Å². The van der Waals surface area contributed by atoms with Crippen LogP contribution in [-0.2, 0) is 64.8 Å². The molecule has 3 amide bonds. The number of halogens is 10. The molecule has 9 heterocycles. The van der Waals surface area contributed by atoms with E-state index in [1.165, 1.54) is 58.2 Å². The highest BCUT2D eigenvalue weighted by molar-refractivity contribution is 7.89. The lowest BCUT2D eigenvalue weighted by Crippen LogP contribution is -2.56. The number of likely N-dealkylation sites (N-methyl/N-ethyl adjacent to an activating group) is 2. The molecule has 17 nitrogen and oxygen atoms in total. The summed E-state index contributed by atoms with van der Waals surface area (Å²) < 4.78 is 162. The fraction of sp³-hybridized carbons (Fsp3) is 0.500. The van der Waals surface area contributed by atoms with Crippen molar-refractivity contribution in [1.82, 2.24) is 48.2 Å². The summed E-state index contributed by atoms with van der Waals surface area (Å²) >= 11 is 5.99. The Balaban J connectivity index is 0.000000226. The van der Waals surface area contributed by atoms with Gasteiger partial charge in [0.25, 0.3) is 17.7 Å². The molecule has 6 aliphatic rings. The minimum absolute atomic E-state index is 0. The second-order valence-corrected chi connectivity index (χ2v) is 26.8. The van der Waals surface area contributed by atoms with Crippen LogP contribution < -0.4 is 19.5 Å². The van der Waals surface area contributed by atoms with E-state index in [0.29, 0.717) is 154 Å². The molecular weight excluding hydrogens is 1280 g/mol. The molecule has 3 saturated heterocycles. The van der Waals surface area contributed by atoms with Crippen molar-refractivity contribution in [3.63, 3.8) is 0 Å². The summed E-state index contributed by atoms with van der Waals surface area (Å²) in [5, 5.41) is 3.94. The summed E-state index contributed by atoms with van der Waals surface area (Å²) in [6.07, 6.45) is -8.95. The number of nitrogens with zero attached hydrogens (tertiary/aromatic N) is 8. The molecule has 2 N–H and O–H groups in total. The predicted octanol–water partition coefficient (Wildman–Crippen LogP) is 12.5. The number of carbonyl (C=O) groups excluding carboxylic acids is 3. The van der Waals surface area contributed by atoms with Crippen LogP contribution >= 0.6 is 11.6 Å². The summed E-state index contributed by atoms with van der Waals surface area (Å²) in [5.41, 5.74) is -0.0128. The lowest BCUT2D eigenvalue weighted by atomic mass is 9.81. The summed E-state index contributed by atoms with van der Waals surface area (Å²) in [4.78, 5) is 48.4. The van der Waals surface area contributed by atoms with Crippen LogP contribution in [0.2, 0.25) is 5.02 Å². The zero-order valence-corrected chi connectivity index (χ0v) is 54.0. The molecule has 94 heavy (non-hydrogen) atoms. The van der Waals surface area contributed by atoms with Crippen LogP contribution in [0.1, 0.15) is 136 Å². The number of hydrogen-bond donors (Lipinski definition) is 2. The smallest absolute Gasteiger partial charge is 0.431 e. The third-order valence-corrected chi connectivity index (χ3v) is 21.2. The highest BCUT2D eigenvalue weighted by atomic mass is 35.5. The SMILES string of the molecule is C.CC[C@H](C)Oc1ccc(C(=O)N2CCC3(CC2)NCCn2c(C(F)(F)F)ccc23)cc1OC.CN1CCn2c(C(F)(F)F)ccc2C12CCN(C(=O)c1cccc(Cl)c1)CC2.CNS(=O)(=O)c1ccc(C(=O)N2CCC3(CC2)c2ccc(C(F)(F)F)n2CCN3C)cc1.[HH].[HH].[HH]. The second-order valence-electron chi connectivity index (χ2n) is 24.5. The Kier molecular flexibility index (Phi) is 20.9. The van der Waals surface area contributed by atoms with Gasteiger partial charge in [-0.15, -0.1) is 0 Å². The largest absolute Gasteiger partial charge is 0.493 e. The number of benzene rings is 3. The first-order chi connectivity index (χ1) is 43.9. The Morgan fingerprint density at radius 3 is 1.44 bits per heavy atom. The number of carbonyl (C=O) groups is 3. The number of amides is 3. The summed E-state index contributed by atoms with van der Waals surface area (Å²) in [6, 6.07) is 25.9. The fourth-order valence-electron chi connectivity index (χ4n) is 14.1. The van der Waals surface area contributed by atoms with Gasteiger partial charge < -0.3 is 43.2 Å². The molecule has 12 rings (SSSR count).